The fourth-order valence-electron chi connectivity index (χ4n) is 2.28. The van der Waals surface area contributed by atoms with Crippen LogP contribution in [0.25, 0.3) is 0 Å². The zero-order valence-corrected chi connectivity index (χ0v) is 9.85. The Hall–Kier alpha value is -1.03. The van der Waals surface area contributed by atoms with Gasteiger partial charge < -0.3 is 14.4 Å². The van der Waals surface area contributed by atoms with E-state index in [1.807, 2.05) is 0 Å². The molecule has 0 aliphatic carbocycles. The Kier molecular flexibility index (Phi) is 3.83. The predicted octanol–water partition coefficient (Wildman–Crippen LogP) is 2.18. The van der Waals surface area contributed by atoms with Crippen LogP contribution < -0.4 is 4.90 Å². The number of hydrogen-bond donors (Lipinski definition) is 1. The summed E-state index contributed by atoms with van der Waals surface area (Å²) in [5, 5.41) is 8.94. The smallest absolute Gasteiger partial charge is 0.297 e. The van der Waals surface area contributed by atoms with Crippen LogP contribution in [0.2, 0.25) is 0 Å². The molecule has 2 heterocycles. The maximum absolute atomic E-state index is 8.94. The number of aliphatic hydroxyl groups excluding tert-OH is 1. The maximum Gasteiger partial charge on any atom is 0.297 e. The minimum absolute atomic E-state index is 0.0467. The maximum atomic E-state index is 8.94. The van der Waals surface area contributed by atoms with Gasteiger partial charge in [0, 0.05) is 13.1 Å². The molecule has 2 rings (SSSR count). The van der Waals surface area contributed by atoms with Gasteiger partial charge in [-0.2, -0.15) is 4.98 Å². The molecule has 1 unspecified atom stereocenters. The molecule has 1 aromatic rings. The lowest BCUT2D eigenvalue weighted by Gasteiger charge is -2.17. The lowest BCUT2D eigenvalue weighted by atomic mass is 9.98. The van der Waals surface area contributed by atoms with Gasteiger partial charge in [0.15, 0.2) is 0 Å². The summed E-state index contributed by atoms with van der Waals surface area (Å²) in [4.78, 5) is 6.44. The molecule has 1 atom stereocenters. The van der Waals surface area contributed by atoms with Crippen molar-refractivity contribution < 1.29 is 9.52 Å². The van der Waals surface area contributed by atoms with Crippen molar-refractivity contribution in [3.05, 3.63) is 12.0 Å². The van der Waals surface area contributed by atoms with Crippen LogP contribution >= 0.6 is 0 Å². The SMILES string of the molecule is CCC1CCCN(c2nc(CO)co2)CC1. The van der Waals surface area contributed by atoms with Gasteiger partial charge in [-0.05, 0) is 25.2 Å². The van der Waals surface area contributed by atoms with E-state index in [1.54, 1.807) is 0 Å². The quantitative estimate of drug-likeness (QED) is 0.855. The van der Waals surface area contributed by atoms with Crippen molar-refractivity contribution >= 4 is 6.01 Å². The Morgan fingerprint density at radius 3 is 3.06 bits per heavy atom. The van der Waals surface area contributed by atoms with Crippen molar-refractivity contribution in [3.8, 4) is 0 Å². The van der Waals surface area contributed by atoms with Crippen molar-refractivity contribution in [2.24, 2.45) is 5.92 Å². The molecule has 1 saturated heterocycles. The summed E-state index contributed by atoms with van der Waals surface area (Å²) in [6.45, 7) is 4.25. The summed E-state index contributed by atoms with van der Waals surface area (Å²) in [6.07, 6.45) is 6.53. The Balaban J connectivity index is 1.99. The van der Waals surface area contributed by atoms with E-state index in [2.05, 4.69) is 16.8 Å². The van der Waals surface area contributed by atoms with E-state index in [-0.39, 0.29) is 6.61 Å². The van der Waals surface area contributed by atoms with Gasteiger partial charge in [0.1, 0.15) is 12.0 Å². The van der Waals surface area contributed by atoms with Gasteiger partial charge in [-0.1, -0.05) is 13.3 Å². The summed E-state index contributed by atoms with van der Waals surface area (Å²) < 4.78 is 5.37. The Bertz CT molecular complexity index is 325. The number of anilines is 1. The summed E-state index contributed by atoms with van der Waals surface area (Å²) in [5.41, 5.74) is 0.617. The van der Waals surface area contributed by atoms with E-state index in [0.29, 0.717) is 11.7 Å². The first-order chi connectivity index (χ1) is 7.83. The van der Waals surface area contributed by atoms with Crippen LogP contribution in [0.1, 0.15) is 38.3 Å². The van der Waals surface area contributed by atoms with Crippen molar-refractivity contribution in [2.75, 3.05) is 18.0 Å². The van der Waals surface area contributed by atoms with E-state index >= 15 is 0 Å². The van der Waals surface area contributed by atoms with Crippen molar-refractivity contribution in [1.82, 2.24) is 4.98 Å². The first-order valence-electron chi connectivity index (χ1n) is 6.13. The molecule has 4 nitrogen and oxygen atoms in total. The highest BCUT2D eigenvalue weighted by Gasteiger charge is 2.19. The topological polar surface area (TPSA) is 49.5 Å². The third-order valence-corrected chi connectivity index (χ3v) is 3.40. The van der Waals surface area contributed by atoms with Crippen LogP contribution in [0, 0.1) is 5.92 Å². The van der Waals surface area contributed by atoms with Crippen LogP contribution in [0.3, 0.4) is 0 Å². The number of nitrogens with zero attached hydrogens (tertiary/aromatic N) is 2. The number of oxazole rings is 1. The molecule has 1 aliphatic rings. The molecule has 0 bridgehead atoms. The van der Waals surface area contributed by atoms with Crippen LogP contribution in [-0.2, 0) is 6.61 Å². The number of aromatic nitrogens is 1. The normalized spacial score (nSPS) is 22.1. The Morgan fingerprint density at radius 2 is 2.38 bits per heavy atom. The summed E-state index contributed by atoms with van der Waals surface area (Å²) in [6, 6.07) is 0.667. The van der Waals surface area contributed by atoms with Crippen LogP contribution in [0.4, 0.5) is 6.01 Å². The largest absolute Gasteiger partial charge is 0.432 e. The number of aliphatic hydroxyl groups is 1. The molecule has 4 heteroatoms. The zero-order chi connectivity index (χ0) is 11.4. The predicted molar refractivity (Wildman–Crippen MR) is 62.3 cm³/mol. The van der Waals surface area contributed by atoms with Crippen molar-refractivity contribution in [3.63, 3.8) is 0 Å². The first kappa shape index (κ1) is 11.5. The fraction of sp³-hybridized carbons (Fsp3) is 0.750. The lowest BCUT2D eigenvalue weighted by molar-refractivity contribution is 0.276. The van der Waals surface area contributed by atoms with Gasteiger partial charge in [-0.3, -0.25) is 0 Å². The molecule has 0 saturated carbocycles. The van der Waals surface area contributed by atoms with Crippen molar-refractivity contribution in [2.45, 2.75) is 39.2 Å². The molecule has 90 valence electrons. The highest BCUT2D eigenvalue weighted by atomic mass is 16.4. The number of rotatable bonds is 3. The third kappa shape index (κ3) is 2.55. The van der Waals surface area contributed by atoms with Crippen molar-refractivity contribution in [1.29, 1.82) is 0 Å². The van der Waals surface area contributed by atoms with Gasteiger partial charge in [-0.15, -0.1) is 0 Å². The molecule has 1 aromatic heterocycles. The molecular weight excluding hydrogens is 204 g/mol. The van der Waals surface area contributed by atoms with Crippen LogP contribution in [0.15, 0.2) is 10.7 Å². The molecule has 1 fully saturated rings. The molecule has 0 aromatic carbocycles. The molecule has 16 heavy (non-hydrogen) atoms. The average Bonchev–Trinajstić information content (AvgIpc) is 2.67. The zero-order valence-electron chi connectivity index (χ0n) is 9.85. The van der Waals surface area contributed by atoms with E-state index in [4.69, 9.17) is 9.52 Å². The number of hydrogen-bond acceptors (Lipinski definition) is 4. The summed E-state index contributed by atoms with van der Waals surface area (Å²) in [7, 11) is 0. The Labute approximate surface area is 96.3 Å². The van der Waals surface area contributed by atoms with Crippen LogP contribution in [-0.4, -0.2) is 23.2 Å². The average molecular weight is 224 g/mol. The molecule has 1 N–H and O–H groups in total. The second-order valence-electron chi connectivity index (χ2n) is 4.47. The third-order valence-electron chi connectivity index (χ3n) is 3.40. The molecule has 1 aliphatic heterocycles. The van der Waals surface area contributed by atoms with E-state index in [9.17, 15) is 0 Å². The summed E-state index contributed by atoms with van der Waals surface area (Å²) in [5.74, 6) is 0.845. The van der Waals surface area contributed by atoms with Gasteiger partial charge >= 0.3 is 0 Å². The van der Waals surface area contributed by atoms with E-state index in [0.717, 1.165) is 19.0 Å². The lowest BCUT2D eigenvalue weighted by Crippen LogP contribution is -2.24. The van der Waals surface area contributed by atoms with Gasteiger partial charge in [0.25, 0.3) is 6.01 Å². The van der Waals surface area contributed by atoms with Gasteiger partial charge in [-0.25, -0.2) is 0 Å². The van der Waals surface area contributed by atoms with E-state index < -0.39 is 0 Å². The minimum atomic E-state index is -0.0467. The van der Waals surface area contributed by atoms with Gasteiger partial charge in [0.2, 0.25) is 0 Å². The first-order valence-corrected chi connectivity index (χ1v) is 6.13. The second kappa shape index (κ2) is 5.34. The fourth-order valence-corrected chi connectivity index (χ4v) is 2.28. The van der Waals surface area contributed by atoms with Gasteiger partial charge in [0.05, 0.1) is 6.61 Å². The van der Waals surface area contributed by atoms with E-state index in [1.165, 1.54) is 31.9 Å². The molecule has 0 amide bonds. The summed E-state index contributed by atoms with van der Waals surface area (Å²) >= 11 is 0. The molecule has 0 radical (unpaired) electrons. The highest BCUT2D eigenvalue weighted by molar-refractivity contribution is 5.26. The highest BCUT2D eigenvalue weighted by Crippen LogP contribution is 2.23. The molecular formula is C12H20N2O2. The Morgan fingerprint density at radius 1 is 1.50 bits per heavy atom. The second-order valence-corrected chi connectivity index (χ2v) is 4.47. The standard InChI is InChI=1S/C12H20N2O2/c1-2-10-4-3-6-14(7-5-10)12-13-11(8-15)9-16-12/h9-10,15H,2-8H2,1H3. The molecule has 0 spiro atoms. The monoisotopic (exact) mass is 224 g/mol. The minimum Gasteiger partial charge on any atom is -0.432 e. The van der Waals surface area contributed by atoms with Crippen LogP contribution in [0.5, 0.6) is 0 Å².